The van der Waals surface area contributed by atoms with E-state index in [-0.39, 0.29) is 36.2 Å². The molecule has 0 spiro atoms. The topological polar surface area (TPSA) is 120 Å². The van der Waals surface area contributed by atoms with Crippen LogP contribution < -0.4 is 14.8 Å². The molecule has 1 aromatic carbocycles. The molecule has 1 saturated heterocycles. The SMILES string of the molecule is CC[C@@H]1[C@@H]2CN(C(=O)[C@H](C(C)(C)C)NC(=O)O[C@@H]3C[C@H](C)[C@H](C)[C@H]3CCCCCc3nc4ccc(OC)cc4nc3O2)[C@@H]1C(C)=O. The van der Waals surface area contributed by atoms with Gasteiger partial charge in [-0.3, -0.25) is 9.59 Å². The third-order valence-electron chi connectivity index (χ3n) is 10.7. The molecule has 2 aliphatic heterocycles. The molecule has 0 radical (unpaired) electrons. The highest BCUT2D eigenvalue weighted by molar-refractivity contribution is 5.92. The van der Waals surface area contributed by atoms with E-state index in [1.54, 1.807) is 12.0 Å². The Balaban J connectivity index is 1.55. The number of fused-ring (bicyclic) bond motifs is 5. The summed E-state index contributed by atoms with van der Waals surface area (Å²) in [6, 6.07) is 4.05. The number of alkyl carbamates (subject to hydrolysis) is 1. The first-order chi connectivity index (χ1) is 21.8. The van der Waals surface area contributed by atoms with E-state index < -0.39 is 29.7 Å². The molecule has 46 heavy (non-hydrogen) atoms. The van der Waals surface area contributed by atoms with Crippen LogP contribution in [0.3, 0.4) is 0 Å². The fourth-order valence-corrected chi connectivity index (χ4v) is 7.87. The Kier molecular flexibility index (Phi) is 10.1. The second-order valence-corrected chi connectivity index (χ2v) is 14.8. The van der Waals surface area contributed by atoms with Gasteiger partial charge in [0.15, 0.2) is 5.78 Å². The number of nitrogens with zero attached hydrogens (tertiary/aromatic N) is 3. The van der Waals surface area contributed by atoms with Gasteiger partial charge >= 0.3 is 6.09 Å². The molecule has 5 rings (SSSR count). The van der Waals surface area contributed by atoms with Crippen molar-refractivity contribution >= 4 is 28.8 Å². The standard InChI is InChI=1S/C36H52N4O6/c1-9-24-30-19-40(31(24)22(4)41)34(42)32(36(5,6)7)39-35(43)46-29-17-20(2)21(3)25(29)13-11-10-12-14-27-33(45-30)38-28-18-23(44-8)15-16-26(28)37-27/h15-16,18,20-21,24-25,29-32H,9-14,17,19H2,1-8H3,(H,39,43)/t20-,21-,24+,25+,29+,30-,31+,32+/m0/s1. The number of Topliss-reactive ketones (excluding diaryl/α,β-unsaturated/α-hetero) is 1. The number of benzene rings is 1. The zero-order valence-electron chi connectivity index (χ0n) is 28.8. The summed E-state index contributed by atoms with van der Waals surface area (Å²) in [5.74, 6) is 1.56. The van der Waals surface area contributed by atoms with Crippen molar-refractivity contribution in [3.63, 3.8) is 0 Å². The van der Waals surface area contributed by atoms with Crippen LogP contribution in [-0.4, -0.2) is 70.6 Å². The first-order valence-corrected chi connectivity index (χ1v) is 17.1. The van der Waals surface area contributed by atoms with Gasteiger partial charge in [-0.25, -0.2) is 14.8 Å². The van der Waals surface area contributed by atoms with E-state index in [2.05, 4.69) is 19.2 Å². The Morgan fingerprint density at radius 3 is 2.50 bits per heavy atom. The second kappa shape index (κ2) is 13.7. The van der Waals surface area contributed by atoms with Crippen LogP contribution in [0.25, 0.3) is 11.0 Å². The highest BCUT2D eigenvalue weighted by Crippen LogP contribution is 2.42. The maximum absolute atomic E-state index is 14.4. The summed E-state index contributed by atoms with van der Waals surface area (Å²) >= 11 is 0. The van der Waals surface area contributed by atoms with Crippen LogP contribution in [-0.2, 0) is 20.7 Å². The molecule has 10 nitrogen and oxygen atoms in total. The van der Waals surface area contributed by atoms with Gasteiger partial charge in [-0.05, 0) is 74.3 Å². The van der Waals surface area contributed by atoms with Crippen LogP contribution in [0.5, 0.6) is 11.6 Å². The number of aryl methyl sites for hydroxylation is 1. The molecule has 0 unspecified atom stereocenters. The summed E-state index contributed by atoms with van der Waals surface area (Å²) < 4.78 is 18.2. The van der Waals surface area contributed by atoms with Gasteiger partial charge in [0.05, 0.1) is 30.7 Å². The van der Waals surface area contributed by atoms with Crippen molar-refractivity contribution in [3.05, 3.63) is 23.9 Å². The maximum atomic E-state index is 14.4. The minimum Gasteiger partial charge on any atom is -0.497 e. The van der Waals surface area contributed by atoms with Crippen LogP contribution in [0.15, 0.2) is 18.2 Å². The average molecular weight is 637 g/mol. The fraction of sp³-hybridized carbons (Fsp3) is 0.694. The molecule has 1 aromatic heterocycles. The van der Waals surface area contributed by atoms with Crippen LogP contribution >= 0.6 is 0 Å². The number of carbonyl (C=O) groups is 3. The number of rotatable bonds is 3. The van der Waals surface area contributed by atoms with Crippen LogP contribution in [0.4, 0.5) is 4.79 Å². The lowest BCUT2D eigenvalue weighted by atomic mass is 9.85. The smallest absolute Gasteiger partial charge is 0.408 e. The Morgan fingerprint density at radius 1 is 1.07 bits per heavy atom. The Labute approximate surface area is 273 Å². The lowest BCUT2D eigenvalue weighted by molar-refractivity contribution is -0.141. The number of amides is 2. The second-order valence-electron chi connectivity index (χ2n) is 14.8. The summed E-state index contributed by atoms with van der Waals surface area (Å²) in [4.78, 5) is 52.6. The van der Waals surface area contributed by atoms with Gasteiger partial charge in [0.2, 0.25) is 11.8 Å². The third kappa shape index (κ3) is 6.95. The molecule has 1 saturated carbocycles. The van der Waals surface area contributed by atoms with Crippen molar-refractivity contribution in [2.75, 3.05) is 13.7 Å². The number of carbonyl (C=O) groups excluding carboxylic acids is 3. The largest absolute Gasteiger partial charge is 0.497 e. The highest BCUT2D eigenvalue weighted by Gasteiger charge is 2.50. The molecule has 252 valence electrons. The van der Waals surface area contributed by atoms with Gasteiger partial charge in [-0.2, -0.15) is 0 Å². The van der Waals surface area contributed by atoms with E-state index in [1.165, 1.54) is 6.92 Å². The van der Waals surface area contributed by atoms with E-state index in [0.717, 1.165) is 43.3 Å². The molecule has 2 amide bonds. The first kappa shape index (κ1) is 33.9. The Hall–Kier alpha value is -3.43. The molecular weight excluding hydrogens is 584 g/mol. The number of hydrogen-bond acceptors (Lipinski definition) is 8. The monoisotopic (exact) mass is 636 g/mol. The summed E-state index contributed by atoms with van der Waals surface area (Å²) in [6.45, 7) is 14.0. The molecule has 10 heteroatoms. The number of nitrogens with one attached hydrogen (secondary N) is 1. The van der Waals surface area contributed by atoms with Gasteiger partial charge in [-0.1, -0.05) is 54.4 Å². The summed E-state index contributed by atoms with van der Waals surface area (Å²) in [6.07, 6.45) is 4.75. The molecule has 2 bridgehead atoms. The molecule has 1 N–H and O–H groups in total. The van der Waals surface area contributed by atoms with E-state index in [1.807, 2.05) is 45.9 Å². The zero-order chi connectivity index (χ0) is 33.3. The van der Waals surface area contributed by atoms with E-state index in [9.17, 15) is 14.4 Å². The van der Waals surface area contributed by atoms with Gasteiger partial charge in [0.25, 0.3) is 0 Å². The van der Waals surface area contributed by atoms with Gasteiger partial charge in [-0.15, -0.1) is 0 Å². The third-order valence-corrected chi connectivity index (χ3v) is 10.7. The van der Waals surface area contributed by atoms with Crippen LogP contribution in [0, 0.1) is 29.1 Å². The molecular formula is C36H52N4O6. The molecule has 2 fully saturated rings. The molecule has 2 aromatic rings. The number of ether oxygens (including phenoxy) is 3. The molecule has 1 aliphatic carbocycles. The lowest BCUT2D eigenvalue weighted by Gasteiger charge is -2.35. The molecule has 3 aliphatic rings. The van der Waals surface area contributed by atoms with E-state index in [0.29, 0.717) is 41.8 Å². The lowest BCUT2D eigenvalue weighted by Crippen LogP contribution is -2.57. The van der Waals surface area contributed by atoms with Gasteiger partial charge < -0.3 is 24.4 Å². The van der Waals surface area contributed by atoms with E-state index in [4.69, 9.17) is 24.2 Å². The van der Waals surface area contributed by atoms with E-state index >= 15 is 0 Å². The predicted octanol–water partition coefficient (Wildman–Crippen LogP) is 6.13. The number of methoxy groups -OCH3 is 1. The highest BCUT2D eigenvalue weighted by atomic mass is 16.6. The van der Waals surface area contributed by atoms with Gasteiger partial charge in [0, 0.05) is 12.0 Å². The fourth-order valence-electron chi connectivity index (χ4n) is 7.87. The van der Waals surface area contributed by atoms with Crippen molar-refractivity contribution in [2.45, 2.75) is 118 Å². The van der Waals surface area contributed by atoms with Crippen LogP contribution in [0.1, 0.15) is 92.7 Å². The summed E-state index contributed by atoms with van der Waals surface area (Å²) in [7, 11) is 1.62. The van der Waals surface area contributed by atoms with Gasteiger partial charge in [0.1, 0.15) is 29.7 Å². The quantitative estimate of drug-likeness (QED) is 0.427. The zero-order valence-corrected chi connectivity index (χ0v) is 28.8. The average Bonchev–Trinajstić information content (AvgIpc) is 3.50. The maximum Gasteiger partial charge on any atom is 0.408 e. The normalized spacial score (nSPS) is 31.2. The minimum atomic E-state index is -0.893. The van der Waals surface area contributed by atoms with Crippen molar-refractivity contribution in [3.8, 4) is 11.6 Å². The van der Waals surface area contributed by atoms with Crippen LogP contribution in [0.2, 0.25) is 0 Å². The first-order valence-electron chi connectivity index (χ1n) is 17.1. The summed E-state index contributed by atoms with van der Waals surface area (Å²) in [5, 5.41) is 2.94. The number of aromatic nitrogens is 2. The predicted molar refractivity (Wildman–Crippen MR) is 176 cm³/mol. The van der Waals surface area contributed by atoms with Crippen molar-refractivity contribution in [2.24, 2.45) is 29.1 Å². The van der Waals surface area contributed by atoms with Crippen molar-refractivity contribution in [1.29, 1.82) is 0 Å². The Morgan fingerprint density at radius 2 is 1.83 bits per heavy atom. The minimum absolute atomic E-state index is 0.112. The van der Waals surface area contributed by atoms with Crippen molar-refractivity contribution in [1.82, 2.24) is 20.2 Å². The number of ketones is 1. The Bertz CT molecular complexity index is 1440. The molecule has 3 heterocycles. The molecule has 8 atom stereocenters. The number of hydrogen-bond donors (Lipinski definition) is 1. The van der Waals surface area contributed by atoms with Crippen molar-refractivity contribution < 1.29 is 28.6 Å². The summed E-state index contributed by atoms with van der Waals surface area (Å²) in [5.41, 5.74) is 1.57.